The number of carbonyl (C=O) groups excluding carboxylic acids is 3. The lowest BCUT2D eigenvalue weighted by Crippen LogP contribution is -2.41. The number of aromatic nitrogens is 1. The number of fused-ring (bicyclic) bond motifs is 2. The lowest BCUT2D eigenvalue weighted by Gasteiger charge is -2.14. The van der Waals surface area contributed by atoms with Gasteiger partial charge in [-0.25, -0.2) is 4.79 Å². The second kappa shape index (κ2) is 9.44. The van der Waals surface area contributed by atoms with Gasteiger partial charge in [0, 0.05) is 15.6 Å². The Morgan fingerprint density at radius 3 is 2.19 bits per heavy atom. The highest BCUT2D eigenvalue weighted by Crippen LogP contribution is 2.19. The van der Waals surface area contributed by atoms with E-state index in [1.165, 1.54) is 11.3 Å². The number of hydrogen-bond acceptors (Lipinski definition) is 6. The molecule has 162 valence electrons. The summed E-state index contributed by atoms with van der Waals surface area (Å²) in [6, 6.07) is 17.0. The Labute approximate surface area is 186 Å². The van der Waals surface area contributed by atoms with Crippen LogP contribution < -0.4 is 16.1 Å². The van der Waals surface area contributed by atoms with Crippen LogP contribution in [0.4, 0.5) is 4.79 Å². The van der Waals surface area contributed by atoms with Gasteiger partial charge in [-0.1, -0.05) is 30.3 Å². The fourth-order valence-corrected chi connectivity index (χ4v) is 4.00. The number of amides is 3. The van der Waals surface area contributed by atoms with Gasteiger partial charge in [0.25, 0.3) is 5.91 Å². The molecule has 0 radical (unpaired) electrons. The van der Waals surface area contributed by atoms with Gasteiger partial charge in [0.05, 0.1) is 17.6 Å². The number of nitrogens with zero attached hydrogens (tertiary/aromatic N) is 1. The molecule has 8 nitrogen and oxygen atoms in total. The lowest BCUT2D eigenvalue weighted by molar-refractivity contribution is -0.148. The number of benzene rings is 2. The number of para-hydroxylation sites is 2. The van der Waals surface area contributed by atoms with Gasteiger partial charge >= 0.3 is 12.0 Å². The third kappa shape index (κ3) is 4.68. The van der Waals surface area contributed by atoms with E-state index >= 15 is 0 Å². The van der Waals surface area contributed by atoms with Crippen molar-refractivity contribution in [2.75, 3.05) is 6.61 Å². The summed E-state index contributed by atoms with van der Waals surface area (Å²) in [6.07, 6.45) is 0. The SMILES string of the molecule is O=C(COC(=O)Cn1c2ccccc2c(=O)c2ccccc21)NC(=O)NCc1cccs1. The fraction of sp³-hybridized carbons (Fsp3) is 0.130. The van der Waals surface area contributed by atoms with E-state index in [0.29, 0.717) is 28.4 Å². The average molecular weight is 449 g/mol. The van der Waals surface area contributed by atoms with Crippen molar-refractivity contribution in [3.8, 4) is 0 Å². The number of thiophene rings is 1. The van der Waals surface area contributed by atoms with Gasteiger partial charge in [-0.3, -0.25) is 19.7 Å². The molecule has 0 bridgehead atoms. The molecular formula is C23H19N3O5S. The maximum atomic E-state index is 12.8. The summed E-state index contributed by atoms with van der Waals surface area (Å²) in [6.45, 7) is -0.496. The average Bonchev–Trinajstić information content (AvgIpc) is 3.33. The second-order valence-corrected chi connectivity index (χ2v) is 7.95. The molecule has 0 saturated heterocycles. The third-order valence-corrected chi connectivity index (χ3v) is 5.66. The monoisotopic (exact) mass is 449 g/mol. The van der Waals surface area contributed by atoms with Gasteiger partial charge in [0.1, 0.15) is 6.54 Å². The van der Waals surface area contributed by atoms with Gasteiger partial charge in [-0.2, -0.15) is 0 Å². The minimum Gasteiger partial charge on any atom is -0.454 e. The molecule has 2 N–H and O–H groups in total. The quantitative estimate of drug-likeness (QED) is 0.348. The van der Waals surface area contributed by atoms with Crippen molar-refractivity contribution in [3.05, 3.63) is 81.1 Å². The van der Waals surface area contributed by atoms with E-state index < -0.39 is 24.5 Å². The Balaban J connectivity index is 1.41. The molecule has 0 aliphatic heterocycles. The minimum absolute atomic E-state index is 0.117. The number of carbonyl (C=O) groups is 3. The van der Waals surface area contributed by atoms with E-state index in [0.717, 1.165) is 4.88 Å². The van der Waals surface area contributed by atoms with Crippen LogP contribution in [0.25, 0.3) is 21.8 Å². The highest BCUT2D eigenvalue weighted by molar-refractivity contribution is 7.09. The van der Waals surface area contributed by atoms with Crippen LogP contribution in [0.2, 0.25) is 0 Å². The predicted molar refractivity (Wildman–Crippen MR) is 121 cm³/mol. The van der Waals surface area contributed by atoms with Crippen LogP contribution in [0.5, 0.6) is 0 Å². The van der Waals surface area contributed by atoms with Crippen molar-refractivity contribution in [3.63, 3.8) is 0 Å². The van der Waals surface area contributed by atoms with E-state index in [9.17, 15) is 19.2 Å². The molecule has 0 spiro atoms. The number of rotatable bonds is 6. The predicted octanol–water partition coefficient (Wildman–Crippen LogP) is 2.79. The summed E-state index contributed by atoms with van der Waals surface area (Å²) in [5, 5.41) is 7.53. The molecule has 2 aromatic heterocycles. The van der Waals surface area contributed by atoms with Crippen molar-refractivity contribution >= 4 is 51.1 Å². The van der Waals surface area contributed by atoms with Crippen molar-refractivity contribution < 1.29 is 19.1 Å². The van der Waals surface area contributed by atoms with Crippen LogP contribution >= 0.6 is 11.3 Å². The summed E-state index contributed by atoms with van der Waals surface area (Å²) >= 11 is 1.48. The fourth-order valence-electron chi connectivity index (χ4n) is 3.36. The van der Waals surface area contributed by atoms with Crippen molar-refractivity contribution in [1.82, 2.24) is 15.2 Å². The largest absolute Gasteiger partial charge is 0.454 e. The van der Waals surface area contributed by atoms with E-state index in [1.54, 1.807) is 53.1 Å². The number of urea groups is 1. The topological polar surface area (TPSA) is 106 Å². The van der Waals surface area contributed by atoms with Gasteiger partial charge in [-0.05, 0) is 35.7 Å². The van der Waals surface area contributed by atoms with Gasteiger partial charge in [-0.15, -0.1) is 11.3 Å². The Morgan fingerprint density at radius 1 is 0.906 bits per heavy atom. The summed E-state index contributed by atoms with van der Waals surface area (Å²) in [5.41, 5.74) is 1.06. The standard InChI is InChI=1S/C23H19N3O5S/c27-20(25-23(30)24-12-15-6-5-11-32-15)14-31-21(28)13-26-18-9-3-1-7-16(18)22(29)17-8-2-4-10-19(17)26/h1-11H,12-14H2,(H2,24,25,27,30). The first-order valence-corrected chi connectivity index (χ1v) is 10.7. The minimum atomic E-state index is -0.739. The van der Waals surface area contributed by atoms with E-state index in [-0.39, 0.29) is 12.0 Å². The maximum absolute atomic E-state index is 12.8. The Kier molecular flexibility index (Phi) is 6.27. The lowest BCUT2D eigenvalue weighted by atomic mass is 10.1. The first-order valence-electron chi connectivity index (χ1n) is 9.79. The van der Waals surface area contributed by atoms with E-state index in [1.807, 2.05) is 17.5 Å². The second-order valence-electron chi connectivity index (χ2n) is 6.92. The zero-order chi connectivity index (χ0) is 22.5. The molecular weight excluding hydrogens is 430 g/mol. The molecule has 3 amide bonds. The summed E-state index contributed by atoms with van der Waals surface area (Å²) < 4.78 is 6.74. The summed E-state index contributed by atoms with van der Waals surface area (Å²) in [5.74, 6) is -1.41. The zero-order valence-electron chi connectivity index (χ0n) is 16.9. The molecule has 4 rings (SSSR count). The van der Waals surface area contributed by atoms with Crippen LogP contribution in [0.1, 0.15) is 4.88 Å². The molecule has 0 atom stereocenters. The Bertz CT molecular complexity index is 1300. The van der Waals surface area contributed by atoms with Crippen LogP contribution in [0, 0.1) is 0 Å². The first-order chi connectivity index (χ1) is 15.5. The highest BCUT2D eigenvalue weighted by Gasteiger charge is 2.15. The molecule has 2 aromatic carbocycles. The maximum Gasteiger partial charge on any atom is 0.326 e. The van der Waals surface area contributed by atoms with Gasteiger partial charge in [0.15, 0.2) is 12.0 Å². The first kappa shape index (κ1) is 21.3. The Hall–Kier alpha value is -3.98. The third-order valence-electron chi connectivity index (χ3n) is 4.79. The molecule has 32 heavy (non-hydrogen) atoms. The number of nitrogens with one attached hydrogen (secondary N) is 2. The van der Waals surface area contributed by atoms with Crippen LogP contribution in [0.15, 0.2) is 70.8 Å². The molecule has 0 aliphatic rings. The van der Waals surface area contributed by atoms with E-state index in [4.69, 9.17) is 4.74 Å². The molecule has 0 fully saturated rings. The zero-order valence-corrected chi connectivity index (χ0v) is 17.7. The van der Waals surface area contributed by atoms with Crippen molar-refractivity contribution in [1.29, 1.82) is 0 Å². The highest BCUT2D eigenvalue weighted by atomic mass is 32.1. The number of pyridine rings is 1. The summed E-state index contributed by atoms with van der Waals surface area (Å²) in [4.78, 5) is 49.9. The van der Waals surface area contributed by atoms with Gasteiger partial charge < -0.3 is 14.6 Å². The Morgan fingerprint density at radius 2 is 1.56 bits per heavy atom. The number of hydrogen-bond donors (Lipinski definition) is 2. The van der Waals surface area contributed by atoms with Crippen molar-refractivity contribution in [2.24, 2.45) is 0 Å². The number of ether oxygens (including phenoxy) is 1. The van der Waals surface area contributed by atoms with Crippen LogP contribution in [0.3, 0.4) is 0 Å². The van der Waals surface area contributed by atoms with E-state index in [2.05, 4.69) is 10.6 Å². The summed E-state index contributed by atoms with van der Waals surface area (Å²) in [7, 11) is 0. The smallest absolute Gasteiger partial charge is 0.326 e. The van der Waals surface area contributed by atoms with Crippen LogP contribution in [-0.4, -0.2) is 29.1 Å². The number of esters is 1. The molecule has 4 aromatic rings. The van der Waals surface area contributed by atoms with Gasteiger partial charge in [0.2, 0.25) is 0 Å². The molecule has 0 saturated carbocycles. The number of imide groups is 1. The molecule has 0 aliphatic carbocycles. The van der Waals surface area contributed by atoms with Crippen LogP contribution in [-0.2, 0) is 27.4 Å². The molecule has 0 unspecified atom stereocenters. The normalized spacial score (nSPS) is 10.8. The molecule has 2 heterocycles. The van der Waals surface area contributed by atoms with Crippen molar-refractivity contribution in [2.45, 2.75) is 13.1 Å². The molecule has 9 heteroatoms.